The van der Waals surface area contributed by atoms with Crippen LogP contribution >= 0.6 is 0 Å². The van der Waals surface area contributed by atoms with Gasteiger partial charge in [0.05, 0.1) is 5.69 Å². The van der Waals surface area contributed by atoms with E-state index in [1.54, 1.807) is 0 Å². The molecular formula is C16H30N4O2. The van der Waals surface area contributed by atoms with Crippen molar-refractivity contribution in [3.05, 3.63) is 18.0 Å². The van der Waals surface area contributed by atoms with E-state index in [0.717, 1.165) is 31.6 Å². The summed E-state index contributed by atoms with van der Waals surface area (Å²) >= 11 is 0. The molecule has 6 heteroatoms. The van der Waals surface area contributed by atoms with E-state index in [1.165, 1.54) is 0 Å². The number of hydrogen-bond donors (Lipinski definition) is 2. The molecule has 6 nitrogen and oxygen atoms in total. The van der Waals surface area contributed by atoms with Crippen molar-refractivity contribution >= 4 is 6.09 Å². The topological polar surface area (TPSA) is 68.2 Å². The first-order valence-electron chi connectivity index (χ1n) is 8.06. The second kappa shape index (κ2) is 8.78. The molecule has 1 rings (SSSR count). The lowest BCUT2D eigenvalue weighted by Crippen LogP contribution is -2.42. The Bertz CT molecular complexity index is 451. The van der Waals surface area contributed by atoms with Crippen LogP contribution in [0, 0.1) is 0 Å². The first-order chi connectivity index (χ1) is 10.4. The summed E-state index contributed by atoms with van der Waals surface area (Å²) in [5.41, 5.74) is 0.687. The fourth-order valence-electron chi connectivity index (χ4n) is 2.19. The van der Waals surface area contributed by atoms with Gasteiger partial charge >= 0.3 is 6.09 Å². The molecule has 0 aliphatic rings. The number of nitrogens with one attached hydrogen (secondary N) is 2. The Morgan fingerprint density at radius 1 is 1.41 bits per heavy atom. The van der Waals surface area contributed by atoms with Crippen LogP contribution in [0.25, 0.3) is 0 Å². The number of aryl methyl sites for hydroxylation is 1. The number of amides is 1. The van der Waals surface area contributed by atoms with E-state index < -0.39 is 5.60 Å². The highest BCUT2D eigenvalue weighted by Crippen LogP contribution is 2.07. The smallest absolute Gasteiger partial charge is 0.407 e. The lowest BCUT2D eigenvalue weighted by molar-refractivity contribution is 0.0521. The van der Waals surface area contributed by atoms with Crippen LogP contribution in [0.2, 0.25) is 0 Å². The van der Waals surface area contributed by atoms with E-state index in [2.05, 4.69) is 29.6 Å². The van der Waals surface area contributed by atoms with Crippen molar-refractivity contribution in [1.82, 2.24) is 20.4 Å². The Balaban J connectivity index is 2.43. The SMILES string of the molecule is CCCC(CNC(=O)OC(C)(C)C)NCc1ccnn1CC. The summed E-state index contributed by atoms with van der Waals surface area (Å²) in [4.78, 5) is 11.7. The van der Waals surface area contributed by atoms with Crippen LogP contribution < -0.4 is 10.6 Å². The van der Waals surface area contributed by atoms with Crippen molar-refractivity contribution in [1.29, 1.82) is 0 Å². The van der Waals surface area contributed by atoms with E-state index in [4.69, 9.17) is 4.74 Å². The number of hydrogen-bond acceptors (Lipinski definition) is 4. The normalized spacial score (nSPS) is 13.0. The minimum atomic E-state index is -0.467. The van der Waals surface area contributed by atoms with E-state index in [0.29, 0.717) is 6.54 Å². The van der Waals surface area contributed by atoms with Gasteiger partial charge in [0.25, 0.3) is 0 Å². The molecular weight excluding hydrogens is 280 g/mol. The summed E-state index contributed by atoms with van der Waals surface area (Å²) in [5, 5.41) is 10.6. The third kappa shape index (κ3) is 6.93. The Labute approximate surface area is 133 Å². The van der Waals surface area contributed by atoms with Crippen LogP contribution in [-0.2, 0) is 17.8 Å². The molecule has 1 amide bonds. The highest BCUT2D eigenvalue weighted by Gasteiger charge is 2.17. The van der Waals surface area contributed by atoms with Gasteiger partial charge in [0.2, 0.25) is 0 Å². The average molecular weight is 310 g/mol. The van der Waals surface area contributed by atoms with Crippen molar-refractivity contribution in [2.24, 2.45) is 0 Å². The van der Waals surface area contributed by atoms with Crippen LogP contribution in [0.15, 0.2) is 12.3 Å². The second-order valence-corrected chi connectivity index (χ2v) is 6.39. The van der Waals surface area contributed by atoms with Crippen molar-refractivity contribution in [3.8, 4) is 0 Å². The standard InChI is InChI=1S/C16H30N4O2/c1-6-8-13(11-18-15(21)22-16(3,4)5)17-12-14-9-10-19-20(14)7-2/h9-10,13,17H,6-8,11-12H2,1-5H3,(H,18,21). The maximum Gasteiger partial charge on any atom is 0.407 e. The van der Waals surface area contributed by atoms with Crippen LogP contribution in [0.3, 0.4) is 0 Å². The Kier molecular flexibility index (Phi) is 7.38. The fourth-order valence-corrected chi connectivity index (χ4v) is 2.19. The summed E-state index contributed by atoms with van der Waals surface area (Å²) < 4.78 is 7.23. The van der Waals surface area contributed by atoms with Gasteiger partial charge in [0.15, 0.2) is 0 Å². The van der Waals surface area contributed by atoms with Crippen LogP contribution in [0.4, 0.5) is 4.79 Å². The van der Waals surface area contributed by atoms with Crippen molar-refractivity contribution in [2.75, 3.05) is 6.54 Å². The summed E-state index contributed by atoms with van der Waals surface area (Å²) in [5.74, 6) is 0. The monoisotopic (exact) mass is 310 g/mol. The van der Waals surface area contributed by atoms with Crippen molar-refractivity contribution in [3.63, 3.8) is 0 Å². The second-order valence-electron chi connectivity index (χ2n) is 6.39. The summed E-state index contributed by atoms with van der Waals surface area (Å²) in [6, 6.07) is 2.23. The molecule has 126 valence electrons. The van der Waals surface area contributed by atoms with Gasteiger partial charge in [-0.25, -0.2) is 4.79 Å². The van der Waals surface area contributed by atoms with Gasteiger partial charge in [-0.2, -0.15) is 5.10 Å². The predicted octanol–water partition coefficient (Wildman–Crippen LogP) is 2.69. The molecule has 0 aliphatic heterocycles. The third-order valence-electron chi connectivity index (χ3n) is 3.20. The number of ether oxygens (including phenoxy) is 1. The lowest BCUT2D eigenvalue weighted by atomic mass is 10.1. The minimum Gasteiger partial charge on any atom is -0.444 e. The molecule has 0 spiro atoms. The van der Waals surface area contributed by atoms with Gasteiger partial charge in [-0.1, -0.05) is 13.3 Å². The third-order valence-corrected chi connectivity index (χ3v) is 3.20. The maximum absolute atomic E-state index is 11.7. The van der Waals surface area contributed by atoms with E-state index >= 15 is 0 Å². The predicted molar refractivity (Wildman–Crippen MR) is 87.7 cm³/mol. The van der Waals surface area contributed by atoms with E-state index in [1.807, 2.05) is 37.7 Å². The van der Waals surface area contributed by atoms with Gasteiger partial charge in [-0.15, -0.1) is 0 Å². The maximum atomic E-state index is 11.7. The van der Waals surface area contributed by atoms with Gasteiger partial charge in [0.1, 0.15) is 5.60 Å². The highest BCUT2D eigenvalue weighted by atomic mass is 16.6. The zero-order valence-electron chi connectivity index (χ0n) is 14.5. The quantitative estimate of drug-likeness (QED) is 0.774. The fraction of sp³-hybridized carbons (Fsp3) is 0.750. The van der Waals surface area contributed by atoms with Gasteiger partial charge in [0, 0.05) is 31.9 Å². The first kappa shape index (κ1) is 18.5. The van der Waals surface area contributed by atoms with Crippen LogP contribution in [0.1, 0.15) is 53.2 Å². The molecule has 0 saturated carbocycles. The molecule has 1 aromatic heterocycles. The Morgan fingerprint density at radius 2 is 2.14 bits per heavy atom. The Hall–Kier alpha value is -1.56. The molecule has 1 heterocycles. The van der Waals surface area contributed by atoms with Crippen molar-refractivity contribution in [2.45, 2.75) is 72.2 Å². The van der Waals surface area contributed by atoms with Crippen molar-refractivity contribution < 1.29 is 9.53 Å². The minimum absolute atomic E-state index is 0.220. The molecule has 0 radical (unpaired) electrons. The first-order valence-corrected chi connectivity index (χ1v) is 8.06. The number of carbonyl (C=O) groups excluding carboxylic acids is 1. The summed E-state index contributed by atoms with van der Waals surface area (Å²) in [6.07, 6.45) is 3.50. The molecule has 0 fully saturated rings. The van der Waals surface area contributed by atoms with Gasteiger partial charge in [-0.05, 0) is 40.2 Å². The van der Waals surface area contributed by atoms with Crippen LogP contribution in [-0.4, -0.2) is 34.1 Å². The molecule has 2 N–H and O–H groups in total. The average Bonchev–Trinajstić information content (AvgIpc) is 2.87. The number of alkyl carbamates (subject to hydrolysis) is 1. The number of nitrogens with zero attached hydrogens (tertiary/aromatic N) is 2. The highest BCUT2D eigenvalue weighted by molar-refractivity contribution is 5.67. The summed E-state index contributed by atoms with van der Waals surface area (Å²) in [6.45, 7) is 12.0. The molecule has 0 bridgehead atoms. The number of carbonyl (C=O) groups is 1. The number of aromatic nitrogens is 2. The molecule has 22 heavy (non-hydrogen) atoms. The summed E-state index contributed by atoms with van der Waals surface area (Å²) in [7, 11) is 0. The largest absolute Gasteiger partial charge is 0.444 e. The zero-order valence-corrected chi connectivity index (χ0v) is 14.5. The van der Waals surface area contributed by atoms with E-state index in [-0.39, 0.29) is 12.1 Å². The van der Waals surface area contributed by atoms with Gasteiger partial charge in [-0.3, -0.25) is 4.68 Å². The van der Waals surface area contributed by atoms with E-state index in [9.17, 15) is 4.79 Å². The molecule has 1 atom stereocenters. The molecule has 0 aromatic carbocycles. The lowest BCUT2D eigenvalue weighted by Gasteiger charge is -2.22. The zero-order chi connectivity index (χ0) is 16.6. The van der Waals surface area contributed by atoms with Crippen LogP contribution in [0.5, 0.6) is 0 Å². The molecule has 0 aliphatic carbocycles. The number of rotatable bonds is 8. The van der Waals surface area contributed by atoms with Gasteiger partial charge < -0.3 is 15.4 Å². The molecule has 0 saturated heterocycles. The molecule has 1 aromatic rings. The Morgan fingerprint density at radius 3 is 2.73 bits per heavy atom. The molecule has 1 unspecified atom stereocenters.